The fourth-order valence-electron chi connectivity index (χ4n) is 1.96. The molecular weight excluding hydrogens is 266 g/mol. The lowest BCUT2D eigenvalue weighted by Gasteiger charge is -2.08. The van der Waals surface area contributed by atoms with E-state index in [-0.39, 0.29) is 11.8 Å². The largest absolute Gasteiger partial charge is 0.352 e. The third kappa shape index (κ3) is 5.55. The van der Waals surface area contributed by atoms with Crippen molar-refractivity contribution in [3.05, 3.63) is 29.8 Å². The number of amides is 2. The minimum Gasteiger partial charge on any atom is -0.352 e. The number of carbonyl (C=O) groups is 2. The first-order valence-electron chi connectivity index (χ1n) is 7.58. The molecule has 0 heterocycles. The van der Waals surface area contributed by atoms with Crippen LogP contribution in [0.15, 0.2) is 24.3 Å². The zero-order chi connectivity index (χ0) is 15.1. The number of nitrogens with one attached hydrogen (secondary N) is 3. The van der Waals surface area contributed by atoms with Crippen molar-refractivity contribution in [1.82, 2.24) is 10.6 Å². The van der Waals surface area contributed by atoms with Crippen LogP contribution in [0.25, 0.3) is 0 Å². The summed E-state index contributed by atoms with van der Waals surface area (Å²) < 4.78 is 0. The van der Waals surface area contributed by atoms with Crippen molar-refractivity contribution < 1.29 is 9.59 Å². The monoisotopic (exact) mass is 289 g/mol. The molecule has 1 aromatic carbocycles. The van der Waals surface area contributed by atoms with Gasteiger partial charge in [0.25, 0.3) is 5.91 Å². The highest BCUT2D eigenvalue weighted by atomic mass is 16.2. The van der Waals surface area contributed by atoms with Crippen LogP contribution in [0, 0.1) is 5.92 Å². The van der Waals surface area contributed by atoms with E-state index in [4.69, 9.17) is 0 Å². The maximum Gasteiger partial charge on any atom is 0.251 e. The van der Waals surface area contributed by atoms with Crippen molar-refractivity contribution in [2.45, 2.75) is 26.2 Å². The lowest BCUT2D eigenvalue weighted by atomic mass is 10.2. The third-order valence-corrected chi connectivity index (χ3v) is 3.38. The van der Waals surface area contributed by atoms with Crippen LogP contribution in [-0.2, 0) is 4.79 Å². The molecule has 1 aromatic rings. The summed E-state index contributed by atoms with van der Waals surface area (Å²) >= 11 is 0. The summed E-state index contributed by atoms with van der Waals surface area (Å²) in [6.45, 7) is 3.93. The topological polar surface area (TPSA) is 70.2 Å². The minimum atomic E-state index is -0.0826. The zero-order valence-electron chi connectivity index (χ0n) is 12.4. The molecule has 2 amide bonds. The Morgan fingerprint density at radius 2 is 1.90 bits per heavy atom. The van der Waals surface area contributed by atoms with Crippen molar-refractivity contribution in [3.8, 4) is 0 Å². The van der Waals surface area contributed by atoms with Gasteiger partial charge in [-0.1, -0.05) is 6.92 Å². The van der Waals surface area contributed by atoms with Gasteiger partial charge in [0.1, 0.15) is 0 Å². The maximum atomic E-state index is 11.7. The summed E-state index contributed by atoms with van der Waals surface area (Å²) in [5.74, 6) is 0.623. The number of hydrogen-bond donors (Lipinski definition) is 3. The molecule has 5 nitrogen and oxygen atoms in total. The SMILES string of the molecule is CCCNC(=O)c1ccc(NC(=O)CNCC2CC2)cc1. The fraction of sp³-hybridized carbons (Fsp3) is 0.500. The molecule has 0 spiro atoms. The Morgan fingerprint density at radius 3 is 2.52 bits per heavy atom. The van der Waals surface area contributed by atoms with Gasteiger partial charge in [0.15, 0.2) is 0 Å². The van der Waals surface area contributed by atoms with Gasteiger partial charge < -0.3 is 16.0 Å². The zero-order valence-corrected chi connectivity index (χ0v) is 12.4. The highest BCUT2D eigenvalue weighted by molar-refractivity contribution is 5.96. The second-order valence-corrected chi connectivity index (χ2v) is 5.46. The molecule has 0 unspecified atom stereocenters. The Morgan fingerprint density at radius 1 is 1.19 bits per heavy atom. The summed E-state index contributed by atoms with van der Waals surface area (Å²) in [5.41, 5.74) is 1.31. The van der Waals surface area contributed by atoms with Gasteiger partial charge in [0.05, 0.1) is 6.54 Å². The van der Waals surface area contributed by atoms with Crippen molar-refractivity contribution >= 4 is 17.5 Å². The molecule has 3 N–H and O–H groups in total. The van der Waals surface area contributed by atoms with Crippen molar-refractivity contribution in [3.63, 3.8) is 0 Å². The van der Waals surface area contributed by atoms with E-state index in [1.54, 1.807) is 24.3 Å². The minimum absolute atomic E-state index is 0.0566. The average Bonchev–Trinajstić information content (AvgIpc) is 3.29. The molecule has 1 aliphatic carbocycles. The van der Waals surface area contributed by atoms with Gasteiger partial charge in [-0.3, -0.25) is 9.59 Å². The first-order chi connectivity index (χ1) is 10.2. The number of benzene rings is 1. The van der Waals surface area contributed by atoms with Gasteiger partial charge in [0.2, 0.25) is 5.91 Å². The van der Waals surface area contributed by atoms with E-state index in [2.05, 4.69) is 16.0 Å². The molecule has 1 fully saturated rings. The molecule has 114 valence electrons. The van der Waals surface area contributed by atoms with Crippen LogP contribution < -0.4 is 16.0 Å². The van der Waals surface area contributed by atoms with E-state index < -0.39 is 0 Å². The highest BCUT2D eigenvalue weighted by Crippen LogP contribution is 2.27. The molecule has 0 saturated heterocycles. The summed E-state index contributed by atoms with van der Waals surface area (Å²) in [5, 5.41) is 8.77. The molecule has 21 heavy (non-hydrogen) atoms. The molecule has 0 aromatic heterocycles. The van der Waals surface area contributed by atoms with E-state index >= 15 is 0 Å². The predicted octanol–water partition coefficient (Wildman–Crippen LogP) is 1.76. The first kappa shape index (κ1) is 15.5. The number of carbonyl (C=O) groups excluding carboxylic acids is 2. The van der Waals surface area contributed by atoms with Crippen LogP contribution in [-0.4, -0.2) is 31.4 Å². The Balaban J connectivity index is 1.75. The molecule has 1 aliphatic rings. The van der Waals surface area contributed by atoms with E-state index in [9.17, 15) is 9.59 Å². The average molecular weight is 289 g/mol. The number of hydrogen-bond acceptors (Lipinski definition) is 3. The molecular formula is C16H23N3O2. The predicted molar refractivity (Wildman–Crippen MR) is 83.3 cm³/mol. The highest BCUT2D eigenvalue weighted by Gasteiger charge is 2.20. The molecule has 0 atom stereocenters. The van der Waals surface area contributed by atoms with Crippen molar-refractivity contribution in [2.75, 3.05) is 25.0 Å². The molecule has 1 saturated carbocycles. The summed E-state index contributed by atoms with van der Waals surface area (Å²) in [7, 11) is 0. The second-order valence-electron chi connectivity index (χ2n) is 5.46. The van der Waals surface area contributed by atoms with Gasteiger partial charge in [-0.05, 0) is 56.0 Å². The van der Waals surface area contributed by atoms with Crippen LogP contribution in [0.3, 0.4) is 0 Å². The van der Waals surface area contributed by atoms with Gasteiger partial charge in [-0.25, -0.2) is 0 Å². The molecule has 2 rings (SSSR count). The maximum absolute atomic E-state index is 11.7. The van der Waals surface area contributed by atoms with Gasteiger partial charge in [-0.2, -0.15) is 0 Å². The van der Waals surface area contributed by atoms with Crippen LogP contribution in [0.2, 0.25) is 0 Å². The van der Waals surface area contributed by atoms with E-state index in [1.165, 1.54) is 12.8 Å². The summed E-state index contributed by atoms with van der Waals surface area (Å²) in [6, 6.07) is 6.94. The van der Waals surface area contributed by atoms with Crippen LogP contribution in [0.5, 0.6) is 0 Å². The summed E-state index contributed by atoms with van der Waals surface area (Å²) in [6.07, 6.45) is 3.46. The van der Waals surface area contributed by atoms with Gasteiger partial charge in [-0.15, -0.1) is 0 Å². The normalized spacial score (nSPS) is 13.8. The van der Waals surface area contributed by atoms with Crippen molar-refractivity contribution in [1.29, 1.82) is 0 Å². The van der Waals surface area contributed by atoms with E-state index in [0.717, 1.165) is 18.9 Å². The second kappa shape index (κ2) is 7.78. The van der Waals surface area contributed by atoms with Crippen LogP contribution in [0.1, 0.15) is 36.5 Å². The Labute approximate surface area is 125 Å². The number of rotatable bonds is 8. The Hall–Kier alpha value is -1.88. The standard InChI is InChI=1S/C16H23N3O2/c1-2-9-18-16(21)13-5-7-14(8-6-13)19-15(20)11-17-10-12-3-4-12/h5-8,12,17H,2-4,9-11H2,1H3,(H,18,21)(H,19,20). The first-order valence-corrected chi connectivity index (χ1v) is 7.58. The molecule has 0 radical (unpaired) electrons. The lowest BCUT2D eigenvalue weighted by molar-refractivity contribution is -0.115. The third-order valence-electron chi connectivity index (χ3n) is 3.38. The van der Waals surface area contributed by atoms with Gasteiger partial charge in [0, 0.05) is 17.8 Å². The van der Waals surface area contributed by atoms with E-state index in [0.29, 0.717) is 24.3 Å². The number of anilines is 1. The Bertz CT molecular complexity index is 481. The fourth-order valence-corrected chi connectivity index (χ4v) is 1.96. The Kier molecular flexibility index (Phi) is 5.75. The molecule has 0 aliphatic heterocycles. The quantitative estimate of drug-likeness (QED) is 0.683. The van der Waals surface area contributed by atoms with Crippen LogP contribution in [0.4, 0.5) is 5.69 Å². The van der Waals surface area contributed by atoms with Crippen LogP contribution >= 0.6 is 0 Å². The van der Waals surface area contributed by atoms with E-state index in [1.807, 2.05) is 6.92 Å². The van der Waals surface area contributed by atoms with Gasteiger partial charge >= 0.3 is 0 Å². The molecule has 0 bridgehead atoms. The van der Waals surface area contributed by atoms with Crippen molar-refractivity contribution in [2.24, 2.45) is 5.92 Å². The molecule has 5 heteroatoms. The lowest BCUT2D eigenvalue weighted by Crippen LogP contribution is -2.29. The summed E-state index contributed by atoms with van der Waals surface area (Å²) in [4.78, 5) is 23.5. The smallest absolute Gasteiger partial charge is 0.251 e.